The summed E-state index contributed by atoms with van der Waals surface area (Å²) >= 11 is 3.46. The van der Waals surface area contributed by atoms with E-state index in [4.69, 9.17) is 4.74 Å². The number of carbonyl (C=O) groups is 1. The zero-order valence-corrected chi connectivity index (χ0v) is 10.9. The maximum atomic E-state index is 12.2. The van der Waals surface area contributed by atoms with Crippen LogP contribution in [0.4, 0.5) is 0 Å². The summed E-state index contributed by atoms with van der Waals surface area (Å²) in [5.41, 5.74) is 0.547. The van der Waals surface area contributed by atoms with Gasteiger partial charge in [-0.3, -0.25) is 4.79 Å². The summed E-state index contributed by atoms with van der Waals surface area (Å²) in [5.74, 6) is 0.202. The second kappa shape index (κ2) is 4.68. The molecule has 2 rings (SSSR count). The fraction of sp³-hybridized carbons (Fsp3) is 0.462. The van der Waals surface area contributed by atoms with E-state index in [1.54, 1.807) is 7.11 Å². The lowest BCUT2D eigenvalue weighted by molar-refractivity contribution is -0.151. The van der Waals surface area contributed by atoms with Crippen LogP contribution >= 0.6 is 15.9 Å². The van der Waals surface area contributed by atoms with Crippen LogP contribution in [0.15, 0.2) is 28.7 Å². The van der Waals surface area contributed by atoms with E-state index in [1.165, 1.54) is 0 Å². The third kappa shape index (κ3) is 2.06. The van der Waals surface area contributed by atoms with Gasteiger partial charge in [0.15, 0.2) is 5.78 Å². The van der Waals surface area contributed by atoms with Crippen LogP contribution in [0.25, 0.3) is 0 Å². The monoisotopic (exact) mass is 282 g/mol. The van der Waals surface area contributed by atoms with Crippen LogP contribution < -0.4 is 0 Å². The van der Waals surface area contributed by atoms with Gasteiger partial charge in [-0.15, -0.1) is 0 Å². The molecule has 1 fully saturated rings. The minimum Gasteiger partial charge on any atom is -0.370 e. The van der Waals surface area contributed by atoms with Crippen LogP contribution in [0, 0.1) is 0 Å². The molecule has 0 atom stereocenters. The highest BCUT2D eigenvalue weighted by Crippen LogP contribution is 2.37. The van der Waals surface area contributed by atoms with E-state index >= 15 is 0 Å². The highest BCUT2D eigenvalue weighted by Gasteiger charge is 2.43. The molecular formula is C13H15BrO2. The SMILES string of the molecule is COC1(C(=O)Cc2ccccc2Br)CCC1. The zero-order chi connectivity index (χ0) is 11.6. The molecule has 0 radical (unpaired) electrons. The first kappa shape index (κ1) is 11.8. The number of hydrogen-bond donors (Lipinski definition) is 0. The van der Waals surface area contributed by atoms with Crippen molar-refractivity contribution < 1.29 is 9.53 Å². The normalized spacial score (nSPS) is 17.9. The number of halogens is 1. The molecule has 0 amide bonds. The van der Waals surface area contributed by atoms with E-state index in [2.05, 4.69) is 15.9 Å². The van der Waals surface area contributed by atoms with Crippen molar-refractivity contribution >= 4 is 21.7 Å². The maximum Gasteiger partial charge on any atom is 0.168 e. The Morgan fingerprint density at radius 2 is 2.12 bits per heavy atom. The molecule has 2 nitrogen and oxygen atoms in total. The van der Waals surface area contributed by atoms with Gasteiger partial charge in [0.25, 0.3) is 0 Å². The van der Waals surface area contributed by atoms with Crippen molar-refractivity contribution in [1.29, 1.82) is 0 Å². The quantitative estimate of drug-likeness (QED) is 0.848. The average molecular weight is 283 g/mol. The summed E-state index contributed by atoms with van der Waals surface area (Å²) in [6, 6.07) is 7.84. The van der Waals surface area contributed by atoms with Crippen molar-refractivity contribution in [2.45, 2.75) is 31.3 Å². The Labute approximate surface area is 104 Å². The number of methoxy groups -OCH3 is 1. The van der Waals surface area contributed by atoms with Crippen LogP contribution in [0.1, 0.15) is 24.8 Å². The minimum absolute atomic E-state index is 0.202. The molecule has 1 aromatic rings. The molecule has 3 heteroatoms. The van der Waals surface area contributed by atoms with E-state index in [-0.39, 0.29) is 5.78 Å². The molecule has 1 aliphatic carbocycles. The van der Waals surface area contributed by atoms with Gasteiger partial charge >= 0.3 is 0 Å². The van der Waals surface area contributed by atoms with Gasteiger partial charge in [-0.05, 0) is 30.9 Å². The molecule has 0 heterocycles. The highest BCUT2D eigenvalue weighted by molar-refractivity contribution is 9.10. The number of hydrogen-bond acceptors (Lipinski definition) is 2. The van der Waals surface area contributed by atoms with Crippen molar-refractivity contribution in [3.8, 4) is 0 Å². The van der Waals surface area contributed by atoms with Gasteiger partial charge in [0, 0.05) is 18.0 Å². The highest BCUT2D eigenvalue weighted by atomic mass is 79.9. The van der Waals surface area contributed by atoms with Crippen molar-refractivity contribution in [3.63, 3.8) is 0 Å². The molecule has 0 unspecified atom stereocenters. The Balaban J connectivity index is 2.10. The smallest absolute Gasteiger partial charge is 0.168 e. The zero-order valence-electron chi connectivity index (χ0n) is 9.33. The molecule has 1 aliphatic rings. The molecule has 1 aromatic carbocycles. The summed E-state index contributed by atoms with van der Waals surface area (Å²) in [6.07, 6.45) is 3.28. The first-order valence-electron chi connectivity index (χ1n) is 5.50. The Kier molecular flexibility index (Phi) is 3.45. The Morgan fingerprint density at radius 3 is 2.62 bits per heavy atom. The predicted octanol–water partition coefficient (Wildman–Crippen LogP) is 3.13. The number of rotatable bonds is 4. The van der Waals surface area contributed by atoms with E-state index in [1.807, 2.05) is 24.3 Å². The summed E-state index contributed by atoms with van der Waals surface area (Å²) < 4.78 is 6.38. The van der Waals surface area contributed by atoms with Crippen LogP contribution in [-0.2, 0) is 16.0 Å². The fourth-order valence-corrected chi connectivity index (χ4v) is 2.50. The lowest BCUT2D eigenvalue weighted by Gasteiger charge is -2.38. The molecule has 0 aliphatic heterocycles. The van der Waals surface area contributed by atoms with Crippen molar-refractivity contribution in [2.75, 3.05) is 7.11 Å². The Bertz CT molecular complexity index is 391. The van der Waals surface area contributed by atoms with Gasteiger partial charge in [-0.2, -0.15) is 0 Å². The topological polar surface area (TPSA) is 26.3 Å². The summed E-state index contributed by atoms with van der Waals surface area (Å²) in [4.78, 5) is 12.2. The first-order valence-corrected chi connectivity index (χ1v) is 6.29. The Morgan fingerprint density at radius 1 is 1.44 bits per heavy atom. The summed E-state index contributed by atoms with van der Waals surface area (Å²) in [6.45, 7) is 0. The van der Waals surface area contributed by atoms with Gasteiger partial charge < -0.3 is 4.74 Å². The number of carbonyl (C=O) groups excluding carboxylic acids is 1. The molecule has 0 bridgehead atoms. The molecule has 0 saturated heterocycles. The van der Waals surface area contributed by atoms with Gasteiger partial charge in [0.2, 0.25) is 0 Å². The van der Waals surface area contributed by atoms with Gasteiger partial charge in [-0.25, -0.2) is 0 Å². The molecule has 0 N–H and O–H groups in total. The van der Waals surface area contributed by atoms with E-state index in [0.29, 0.717) is 6.42 Å². The largest absolute Gasteiger partial charge is 0.370 e. The third-order valence-corrected chi connectivity index (χ3v) is 4.14. The lowest BCUT2D eigenvalue weighted by Crippen LogP contribution is -2.47. The second-order valence-electron chi connectivity index (χ2n) is 4.24. The molecule has 1 saturated carbocycles. The van der Waals surface area contributed by atoms with Gasteiger partial charge in [0.05, 0.1) is 0 Å². The number of Topliss-reactive ketones (excluding diaryl/α,β-unsaturated/α-hetero) is 1. The average Bonchev–Trinajstić information content (AvgIpc) is 2.21. The van der Waals surface area contributed by atoms with Crippen molar-refractivity contribution in [1.82, 2.24) is 0 Å². The number of benzene rings is 1. The summed E-state index contributed by atoms with van der Waals surface area (Å²) in [7, 11) is 1.64. The van der Waals surface area contributed by atoms with Crippen molar-refractivity contribution in [3.05, 3.63) is 34.3 Å². The second-order valence-corrected chi connectivity index (χ2v) is 5.10. The van der Waals surface area contributed by atoms with Crippen LogP contribution in [0.2, 0.25) is 0 Å². The van der Waals surface area contributed by atoms with E-state index < -0.39 is 5.60 Å². The van der Waals surface area contributed by atoms with Crippen LogP contribution in [-0.4, -0.2) is 18.5 Å². The maximum absolute atomic E-state index is 12.2. The predicted molar refractivity (Wildman–Crippen MR) is 66.4 cm³/mol. The molecule has 0 spiro atoms. The summed E-state index contributed by atoms with van der Waals surface area (Å²) in [5, 5.41) is 0. The molecule has 16 heavy (non-hydrogen) atoms. The van der Waals surface area contributed by atoms with Gasteiger partial charge in [0.1, 0.15) is 5.60 Å². The first-order chi connectivity index (χ1) is 7.68. The van der Waals surface area contributed by atoms with Crippen LogP contribution in [0.5, 0.6) is 0 Å². The Hall–Kier alpha value is -0.670. The molecule has 86 valence electrons. The van der Waals surface area contributed by atoms with E-state index in [9.17, 15) is 4.79 Å². The molecular weight excluding hydrogens is 268 g/mol. The van der Waals surface area contributed by atoms with Crippen LogP contribution in [0.3, 0.4) is 0 Å². The standard InChI is InChI=1S/C13H15BrO2/c1-16-13(7-4-8-13)12(15)9-10-5-2-3-6-11(10)14/h2-3,5-6H,4,7-9H2,1H3. The lowest BCUT2D eigenvalue weighted by atomic mass is 9.75. The third-order valence-electron chi connectivity index (χ3n) is 3.37. The number of ether oxygens (including phenoxy) is 1. The number of ketones is 1. The van der Waals surface area contributed by atoms with Gasteiger partial charge in [-0.1, -0.05) is 34.1 Å². The molecule has 0 aromatic heterocycles. The van der Waals surface area contributed by atoms with E-state index in [0.717, 1.165) is 29.3 Å². The fourth-order valence-electron chi connectivity index (χ4n) is 2.07. The minimum atomic E-state index is -0.491. The van der Waals surface area contributed by atoms with Crippen molar-refractivity contribution in [2.24, 2.45) is 0 Å².